The van der Waals surface area contributed by atoms with E-state index in [4.69, 9.17) is 24.8 Å². The molecule has 3 unspecified atom stereocenters. The highest BCUT2D eigenvalue weighted by Crippen LogP contribution is 2.43. The van der Waals surface area contributed by atoms with E-state index >= 15 is 0 Å². The SMILES string of the molecule is CCCCC/C=C\C/C=C\CCCCCCCCCC(=O)OC(COC(=O)CCCCCCCCCC)COP(=O)(O)OCC(N)C(=O)O. The maximum Gasteiger partial charge on any atom is 0.472 e. The van der Waals surface area contributed by atoms with E-state index in [1.807, 2.05) is 0 Å². The molecule has 0 rings (SSSR count). The van der Waals surface area contributed by atoms with Gasteiger partial charge in [-0.05, 0) is 44.9 Å². The number of carboxylic acids is 1. The van der Waals surface area contributed by atoms with Crippen LogP contribution in [0.4, 0.5) is 0 Å². The van der Waals surface area contributed by atoms with Gasteiger partial charge in [0.05, 0.1) is 13.2 Å². The predicted octanol–water partition coefficient (Wildman–Crippen LogP) is 9.11. The van der Waals surface area contributed by atoms with Gasteiger partial charge in [0.2, 0.25) is 0 Å². The number of hydrogen-bond acceptors (Lipinski definition) is 9. The molecule has 0 aromatic rings. The first kappa shape index (κ1) is 47.0. The second-order valence-electron chi connectivity index (χ2n) is 12.7. The molecule has 0 fully saturated rings. The molecular formula is C37H68NO10P. The zero-order valence-electron chi connectivity index (χ0n) is 30.5. The number of aliphatic carboxylic acids is 1. The van der Waals surface area contributed by atoms with Gasteiger partial charge >= 0.3 is 25.7 Å². The molecule has 11 nitrogen and oxygen atoms in total. The smallest absolute Gasteiger partial charge is 0.472 e. The Morgan fingerprint density at radius 3 is 1.63 bits per heavy atom. The third-order valence-corrected chi connectivity index (χ3v) is 8.90. The van der Waals surface area contributed by atoms with Crippen molar-refractivity contribution in [2.24, 2.45) is 5.73 Å². The van der Waals surface area contributed by atoms with Crippen LogP contribution in [0.2, 0.25) is 0 Å². The first-order valence-corrected chi connectivity index (χ1v) is 20.4. The summed E-state index contributed by atoms with van der Waals surface area (Å²) in [6.07, 6.45) is 31.2. The van der Waals surface area contributed by atoms with Crippen molar-refractivity contribution >= 4 is 25.7 Å². The van der Waals surface area contributed by atoms with Crippen molar-refractivity contribution < 1.29 is 47.5 Å². The summed E-state index contributed by atoms with van der Waals surface area (Å²) < 4.78 is 32.5. The number of phosphoric acid groups is 1. The van der Waals surface area contributed by atoms with Crippen molar-refractivity contribution in [1.29, 1.82) is 0 Å². The molecule has 3 atom stereocenters. The number of rotatable bonds is 35. The second kappa shape index (κ2) is 33.1. The van der Waals surface area contributed by atoms with E-state index in [-0.39, 0.29) is 19.4 Å². The Kier molecular flexibility index (Phi) is 31.7. The maximum absolute atomic E-state index is 12.5. The normalized spacial score (nSPS) is 14.2. The number of carbonyl (C=O) groups is 3. The largest absolute Gasteiger partial charge is 0.480 e. The standard InChI is InChI=1S/C37H68NO10P/c1-3-5-7-9-11-13-14-15-16-17-18-19-20-21-23-25-27-29-36(40)48-33(31-46-49(43,44)47-32-34(38)37(41)42)30-45-35(39)28-26-24-22-12-10-8-6-4-2/h11,13,15-16,33-34H,3-10,12,14,17-32,38H2,1-2H3,(H,41,42)(H,43,44)/b13-11-,16-15-. The van der Waals surface area contributed by atoms with E-state index in [2.05, 4.69) is 42.7 Å². The van der Waals surface area contributed by atoms with Crippen LogP contribution in [-0.4, -0.2) is 59.9 Å². The zero-order valence-corrected chi connectivity index (χ0v) is 31.4. The van der Waals surface area contributed by atoms with Crippen LogP contribution in [0.15, 0.2) is 24.3 Å². The summed E-state index contributed by atoms with van der Waals surface area (Å²) in [5.41, 5.74) is 5.31. The third kappa shape index (κ3) is 32.9. The van der Waals surface area contributed by atoms with E-state index in [0.29, 0.717) is 12.8 Å². The van der Waals surface area contributed by atoms with Gasteiger partial charge < -0.3 is 25.2 Å². The summed E-state index contributed by atoms with van der Waals surface area (Å²) in [6, 6.07) is -1.52. The maximum atomic E-state index is 12.5. The van der Waals surface area contributed by atoms with E-state index in [9.17, 15) is 23.8 Å². The predicted molar refractivity (Wildman–Crippen MR) is 194 cm³/mol. The lowest BCUT2D eigenvalue weighted by Gasteiger charge is -2.20. The summed E-state index contributed by atoms with van der Waals surface area (Å²) in [5, 5.41) is 8.84. The van der Waals surface area contributed by atoms with Crippen LogP contribution >= 0.6 is 7.82 Å². The minimum Gasteiger partial charge on any atom is -0.480 e. The number of hydrogen-bond donors (Lipinski definition) is 3. The van der Waals surface area contributed by atoms with Gasteiger partial charge in [0.15, 0.2) is 6.10 Å². The molecule has 286 valence electrons. The molecule has 0 amide bonds. The molecule has 12 heteroatoms. The second-order valence-corrected chi connectivity index (χ2v) is 14.2. The van der Waals surface area contributed by atoms with Crippen LogP contribution in [0.5, 0.6) is 0 Å². The summed E-state index contributed by atoms with van der Waals surface area (Å²) in [6.45, 7) is 2.71. The number of unbranched alkanes of at least 4 members (excludes halogenated alkanes) is 17. The van der Waals surface area contributed by atoms with Gasteiger partial charge in [-0.25, -0.2) is 4.57 Å². The average Bonchev–Trinajstić information content (AvgIpc) is 3.07. The van der Waals surface area contributed by atoms with Crippen LogP contribution in [0.25, 0.3) is 0 Å². The monoisotopic (exact) mass is 717 g/mol. The Morgan fingerprint density at radius 1 is 0.633 bits per heavy atom. The number of carboxylic acid groups (broad SMARTS) is 1. The van der Waals surface area contributed by atoms with Crippen molar-refractivity contribution in [3.63, 3.8) is 0 Å². The molecule has 49 heavy (non-hydrogen) atoms. The third-order valence-electron chi connectivity index (χ3n) is 7.95. The summed E-state index contributed by atoms with van der Waals surface area (Å²) in [4.78, 5) is 45.6. The Hall–Kier alpha value is -2.04. The van der Waals surface area contributed by atoms with Crippen molar-refractivity contribution in [2.45, 2.75) is 174 Å². The lowest BCUT2D eigenvalue weighted by atomic mass is 10.1. The Morgan fingerprint density at radius 2 is 1.08 bits per heavy atom. The molecule has 0 aromatic heterocycles. The molecule has 0 aliphatic heterocycles. The summed E-state index contributed by atoms with van der Waals surface area (Å²) >= 11 is 0. The highest BCUT2D eigenvalue weighted by Gasteiger charge is 2.28. The van der Waals surface area contributed by atoms with Crippen LogP contribution in [0.1, 0.15) is 162 Å². The fourth-order valence-corrected chi connectivity index (χ4v) is 5.70. The van der Waals surface area contributed by atoms with Crippen LogP contribution < -0.4 is 5.73 Å². The average molecular weight is 718 g/mol. The first-order chi connectivity index (χ1) is 23.6. The Bertz CT molecular complexity index is 942. The van der Waals surface area contributed by atoms with Crippen LogP contribution in [0.3, 0.4) is 0 Å². The van der Waals surface area contributed by atoms with E-state index in [1.54, 1.807) is 0 Å². The topological polar surface area (TPSA) is 172 Å². The molecule has 0 aromatic carbocycles. The lowest BCUT2D eigenvalue weighted by Crippen LogP contribution is -2.34. The van der Waals surface area contributed by atoms with E-state index < -0.39 is 51.1 Å². The molecule has 0 saturated carbocycles. The van der Waals surface area contributed by atoms with Gasteiger partial charge in [-0.15, -0.1) is 0 Å². The van der Waals surface area contributed by atoms with Gasteiger partial charge in [-0.2, -0.15) is 0 Å². The number of esters is 2. The van der Waals surface area contributed by atoms with Gasteiger partial charge in [-0.1, -0.05) is 128 Å². The number of phosphoric ester groups is 1. The van der Waals surface area contributed by atoms with E-state index in [1.165, 1.54) is 64.2 Å². The molecule has 4 N–H and O–H groups in total. The number of carbonyl (C=O) groups excluding carboxylic acids is 2. The lowest BCUT2D eigenvalue weighted by molar-refractivity contribution is -0.161. The summed E-state index contributed by atoms with van der Waals surface area (Å²) in [7, 11) is -4.70. The molecule has 0 saturated heterocycles. The van der Waals surface area contributed by atoms with Gasteiger partial charge in [0.1, 0.15) is 12.6 Å². The molecule has 0 radical (unpaired) electrons. The van der Waals surface area contributed by atoms with Crippen molar-refractivity contribution in [2.75, 3.05) is 19.8 Å². The minimum atomic E-state index is -4.70. The number of nitrogens with two attached hydrogens (primary N) is 1. The van der Waals surface area contributed by atoms with Crippen molar-refractivity contribution in [1.82, 2.24) is 0 Å². The number of allylic oxidation sites excluding steroid dienone is 4. The molecule has 0 bridgehead atoms. The van der Waals surface area contributed by atoms with Gasteiger partial charge in [-0.3, -0.25) is 23.4 Å². The zero-order chi connectivity index (χ0) is 36.4. The Labute approximate surface area is 296 Å². The number of ether oxygens (including phenoxy) is 2. The fraction of sp³-hybridized carbons (Fsp3) is 0.811. The van der Waals surface area contributed by atoms with Crippen LogP contribution in [-0.2, 0) is 37.5 Å². The highest BCUT2D eigenvalue weighted by atomic mass is 31.2. The molecule has 0 spiro atoms. The van der Waals surface area contributed by atoms with Crippen molar-refractivity contribution in [3.05, 3.63) is 24.3 Å². The molecule has 0 aliphatic rings. The fourth-order valence-electron chi connectivity index (χ4n) is 4.92. The molecular weight excluding hydrogens is 649 g/mol. The van der Waals surface area contributed by atoms with Gasteiger partial charge in [0.25, 0.3) is 0 Å². The van der Waals surface area contributed by atoms with E-state index in [0.717, 1.165) is 57.8 Å². The van der Waals surface area contributed by atoms with Gasteiger partial charge in [0, 0.05) is 12.8 Å². The summed E-state index contributed by atoms with van der Waals surface area (Å²) in [5.74, 6) is -2.39. The van der Waals surface area contributed by atoms with Crippen LogP contribution in [0, 0.1) is 0 Å². The molecule has 0 heterocycles. The quantitative estimate of drug-likeness (QED) is 0.0247. The minimum absolute atomic E-state index is 0.154. The highest BCUT2D eigenvalue weighted by molar-refractivity contribution is 7.47. The molecule has 0 aliphatic carbocycles. The first-order valence-electron chi connectivity index (χ1n) is 18.9. The Balaban J connectivity index is 4.40. The van der Waals surface area contributed by atoms with Crippen molar-refractivity contribution in [3.8, 4) is 0 Å².